The molecule has 1 saturated carbocycles. The molecule has 0 atom stereocenters. The van der Waals surface area contributed by atoms with E-state index in [1.54, 1.807) is 12.1 Å². The lowest BCUT2D eigenvalue weighted by atomic mass is 9.81. The molecule has 1 aromatic carbocycles. The third-order valence-electron chi connectivity index (χ3n) is 2.01. The molecule has 68 valence electrons. The fourth-order valence-electron chi connectivity index (χ4n) is 1.10. The Morgan fingerprint density at radius 3 is 2.23 bits per heavy atom. The molecule has 2 rings (SSSR count). The maximum atomic E-state index is 8.86. The van der Waals surface area contributed by atoms with Crippen molar-refractivity contribution in [1.29, 1.82) is 0 Å². The van der Waals surface area contributed by atoms with Gasteiger partial charge in [-0.15, -0.1) is 11.8 Å². The Hall–Kier alpha value is -0.445. The highest BCUT2D eigenvalue weighted by molar-refractivity contribution is 8.00. The van der Waals surface area contributed by atoms with Gasteiger partial charge in [0.15, 0.2) is 0 Å². The van der Waals surface area contributed by atoms with Crippen LogP contribution in [0, 0.1) is 0 Å². The zero-order valence-electron chi connectivity index (χ0n) is 7.18. The van der Waals surface area contributed by atoms with E-state index in [1.807, 2.05) is 23.9 Å². The van der Waals surface area contributed by atoms with E-state index in [9.17, 15) is 0 Å². The Morgan fingerprint density at radius 1 is 1.15 bits per heavy atom. The van der Waals surface area contributed by atoms with Gasteiger partial charge in [0.2, 0.25) is 0 Å². The molecule has 13 heavy (non-hydrogen) atoms. The summed E-state index contributed by atoms with van der Waals surface area (Å²) >= 11 is 1.87. The number of rotatable bonds is 3. The summed E-state index contributed by atoms with van der Waals surface area (Å²) in [6, 6.07) is 7.40. The highest BCUT2D eigenvalue weighted by Crippen LogP contribution is 2.38. The van der Waals surface area contributed by atoms with Crippen molar-refractivity contribution in [2.45, 2.75) is 23.0 Å². The molecule has 0 aromatic heterocycles. The van der Waals surface area contributed by atoms with Gasteiger partial charge in [0.1, 0.15) is 0 Å². The molecule has 4 heteroatoms. The summed E-state index contributed by atoms with van der Waals surface area (Å²) in [5.41, 5.74) is 0.556. The largest absolute Gasteiger partial charge is 0.488 e. The Balaban J connectivity index is 2.04. The molecule has 1 fully saturated rings. The average molecular weight is 194 g/mol. The minimum Gasteiger partial charge on any atom is -0.423 e. The minimum absolute atomic E-state index is 0.556. The van der Waals surface area contributed by atoms with Crippen molar-refractivity contribution in [3.05, 3.63) is 24.3 Å². The van der Waals surface area contributed by atoms with Crippen molar-refractivity contribution in [1.82, 2.24) is 0 Å². The van der Waals surface area contributed by atoms with Crippen molar-refractivity contribution in [2.24, 2.45) is 0 Å². The van der Waals surface area contributed by atoms with Crippen LogP contribution in [0.25, 0.3) is 0 Å². The summed E-state index contributed by atoms with van der Waals surface area (Å²) in [4.78, 5) is 1.21. The van der Waals surface area contributed by atoms with Crippen LogP contribution in [0.4, 0.5) is 0 Å². The lowest BCUT2D eigenvalue weighted by Crippen LogP contribution is -2.29. The van der Waals surface area contributed by atoms with Gasteiger partial charge in [0.05, 0.1) is 0 Å². The molecule has 2 nitrogen and oxygen atoms in total. The highest BCUT2D eigenvalue weighted by atomic mass is 32.2. The molecule has 0 amide bonds. The van der Waals surface area contributed by atoms with E-state index in [0.29, 0.717) is 5.46 Å². The topological polar surface area (TPSA) is 40.5 Å². The normalized spacial score (nSPS) is 15.8. The van der Waals surface area contributed by atoms with Crippen LogP contribution in [-0.4, -0.2) is 22.4 Å². The highest BCUT2D eigenvalue weighted by Gasteiger charge is 2.22. The van der Waals surface area contributed by atoms with E-state index >= 15 is 0 Å². The van der Waals surface area contributed by atoms with Crippen LogP contribution >= 0.6 is 11.8 Å². The molecule has 0 aliphatic heterocycles. The van der Waals surface area contributed by atoms with Gasteiger partial charge in [0, 0.05) is 10.1 Å². The van der Waals surface area contributed by atoms with Crippen molar-refractivity contribution < 1.29 is 10.0 Å². The minimum atomic E-state index is -1.35. The molecule has 0 radical (unpaired) electrons. The van der Waals surface area contributed by atoms with Crippen LogP contribution in [-0.2, 0) is 0 Å². The molecule has 1 aliphatic carbocycles. The maximum absolute atomic E-state index is 8.86. The fraction of sp³-hybridized carbons (Fsp3) is 0.333. The number of hydrogen-bond acceptors (Lipinski definition) is 3. The summed E-state index contributed by atoms with van der Waals surface area (Å²) in [7, 11) is -1.35. The second-order valence-corrected chi connectivity index (χ2v) is 4.63. The number of thioether (sulfide) groups is 1. The zero-order valence-corrected chi connectivity index (χ0v) is 8.00. The smallest absolute Gasteiger partial charge is 0.423 e. The van der Waals surface area contributed by atoms with Crippen LogP contribution in [0.15, 0.2) is 29.2 Å². The molecule has 0 spiro atoms. The van der Waals surface area contributed by atoms with Crippen molar-refractivity contribution >= 4 is 24.3 Å². The van der Waals surface area contributed by atoms with Gasteiger partial charge in [0.25, 0.3) is 0 Å². The van der Waals surface area contributed by atoms with Crippen LogP contribution in [0.3, 0.4) is 0 Å². The van der Waals surface area contributed by atoms with E-state index in [4.69, 9.17) is 10.0 Å². The Kier molecular flexibility index (Phi) is 2.62. The molecule has 1 aromatic rings. The average Bonchev–Trinajstić information content (AvgIpc) is 2.89. The van der Waals surface area contributed by atoms with Gasteiger partial charge >= 0.3 is 7.12 Å². The second kappa shape index (κ2) is 3.74. The summed E-state index contributed by atoms with van der Waals surface area (Å²) < 4.78 is 0. The predicted molar refractivity (Wildman–Crippen MR) is 55.1 cm³/mol. The molecule has 0 bridgehead atoms. The van der Waals surface area contributed by atoms with E-state index in [1.165, 1.54) is 17.7 Å². The Morgan fingerprint density at radius 2 is 1.77 bits per heavy atom. The standard InChI is InChI=1S/C9H11BO2S/c11-10(12)7-1-3-8(4-2-7)13-9-5-6-9/h1-4,9,11-12H,5-6H2. The van der Waals surface area contributed by atoms with Gasteiger partial charge in [-0.2, -0.15) is 0 Å². The van der Waals surface area contributed by atoms with Gasteiger partial charge < -0.3 is 10.0 Å². The SMILES string of the molecule is OB(O)c1ccc(SC2CC2)cc1. The molecular weight excluding hydrogens is 183 g/mol. The van der Waals surface area contributed by atoms with Gasteiger partial charge in [-0.25, -0.2) is 0 Å². The van der Waals surface area contributed by atoms with Crippen molar-refractivity contribution in [2.75, 3.05) is 0 Å². The van der Waals surface area contributed by atoms with Crippen LogP contribution in [0.2, 0.25) is 0 Å². The van der Waals surface area contributed by atoms with E-state index in [0.717, 1.165) is 5.25 Å². The summed E-state index contributed by atoms with van der Waals surface area (Å²) in [6.45, 7) is 0. The monoisotopic (exact) mass is 194 g/mol. The van der Waals surface area contributed by atoms with Crippen LogP contribution < -0.4 is 5.46 Å². The Labute approximate surface area is 82.1 Å². The first kappa shape index (κ1) is 9.12. The summed E-state index contributed by atoms with van der Waals surface area (Å²) in [5, 5.41) is 18.5. The number of hydrogen-bond donors (Lipinski definition) is 2. The fourth-order valence-corrected chi connectivity index (χ4v) is 2.15. The van der Waals surface area contributed by atoms with Crippen molar-refractivity contribution in [3.8, 4) is 0 Å². The van der Waals surface area contributed by atoms with E-state index < -0.39 is 7.12 Å². The lowest BCUT2D eigenvalue weighted by molar-refractivity contribution is 0.426. The summed E-state index contributed by atoms with van der Waals surface area (Å²) in [6.07, 6.45) is 2.63. The van der Waals surface area contributed by atoms with Gasteiger partial charge in [-0.3, -0.25) is 0 Å². The van der Waals surface area contributed by atoms with Gasteiger partial charge in [-0.1, -0.05) is 12.1 Å². The first-order valence-electron chi connectivity index (χ1n) is 4.38. The van der Waals surface area contributed by atoms with E-state index in [-0.39, 0.29) is 0 Å². The summed E-state index contributed by atoms with van der Waals surface area (Å²) in [5.74, 6) is 0. The third-order valence-corrected chi connectivity index (χ3v) is 3.35. The molecule has 0 unspecified atom stereocenters. The number of benzene rings is 1. The first-order valence-corrected chi connectivity index (χ1v) is 5.26. The molecule has 0 heterocycles. The maximum Gasteiger partial charge on any atom is 0.488 e. The molecule has 0 saturated heterocycles. The predicted octanol–water partition coefficient (Wildman–Crippen LogP) is 0.621. The van der Waals surface area contributed by atoms with Gasteiger partial charge in [-0.05, 0) is 30.4 Å². The molecule has 1 aliphatic rings. The van der Waals surface area contributed by atoms with E-state index in [2.05, 4.69) is 0 Å². The quantitative estimate of drug-likeness (QED) is 0.693. The van der Waals surface area contributed by atoms with Crippen LogP contribution in [0.1, 0.15) is 12.8 Å². The second-order valence-electron chi connectivity index (χ2n) is 3.26. The Bertz CT molecular complexity index is 282. The molecular formula is C9H11BO2S. The van der Waals surface area contributed by atoms with Crippen LogP contribution in [0.5, 0.6) is 0 Å². The third kappa shape index (κ3) is 2.50. The zero-order chi connectivity index (χ0) is 9.26. The lowest BCUT2D eigenvalue weighted by Gasteiger charge is -2.01. The first-order chi connectivity index (χ1) is 6.25. The molecule has 2 N–H and O–H groups in total. The van der Waals surface area contributed by atoms with Crippen molar-refractivity contribution in [3.63, 3.8) is 0 Å².